The number of aromatic nitrogens is 3. The molecule has 2 aromatic heterocycles. The second kappa shape index (κ2) is 12.0. The number of aromatic amines is 1. The highest BCUT2D eigenvalue weighted by molar-refractivity contribution is 5.85. The van der Waals surface area contributed by atoms with Crippen LogP contribution in [-0.2, 0) is 19.5 Å². The number of piperidine rings is 1. The summed E-state index contributed by atoms with van der Waals surface area (Å²) in [5.41, 5.74) is 4.38. The van der Waals surface area contributed by atoms with Crippen LogP contribution in [0.5, 0.6) is 11.5 Å². The van der Waals surface area contributed by atoms with Crippen molar-refractivity contribution in [3.63, 3.8) is 0 Å². The molecule has 0 aliphatic carbocycles. The maximum Gasteiger partial charge on any atom is 0.331 e. The molecule has 0 amide bonds. The first-order valence-electron chi connectivity index (χ1n) is 15.0. The third kappa shape index (κ3) is 5.33. The summed E-state index contributed by atoms with van der Waals surface area (Å²) < 4.78 is 14.4. The lowest BCUT2D eigenvalue weighted by Crippen LogP contribution is -2.44. The summed E-state index contributed by atoms with van der Waals surface area (Å²) in [7, 11) is 3.33. The van der Waals surface area contributed by atoms with Gasteiger partial charge >= 0.3 is 5.69 Å². The predicted molar refractivity (Wildman–Crippen MR) is 162 cm³/mol. The van der Waals surface area contributed by atoms with E-state index in [1.807, 2.05) is 34.9 Å². The molecule has 2 aliphatic rings. The van der Waals surface area contributed by atoms with E-state index in [-0.39, 0.29) is 11.2 Å². The average molecular weight is 557 g/mol. The third-order valence-corrected chi connectivity index (χ3v) is 8.93. The molecule has 4 heterocycles. The first-order chi connectivity index (χ1) is 20.1. The second-order valence-electron chi connectivity index (χ2n) is 11.4. The Kier molecular flexibility index (Phi) is 8.01. The van der Waals surface area contributed by atoms with Crippen molar-refractivity contribution >= 4 is 10.9 Å². The van der Waals surface area contributed by atoms with Crippen LogP contribution in [0.4, 0.5) is 0 Å². The van der Waals surface area contributed by atoms with Gasteiger partial charge in [-0.25, -0.2) is 4.79 Å². The van der Waals surface area contributed by atoms with E-state index in [2.05, 4.69) is 28.2 Å². The van der Waals surface area contributed by atoms with Gasteiger partial charge in [0.2, 0.25) is 0 Å². The number of para-hydroxylation sites is 1. The van der Waals surface area contributed by atoms with Crippen LogP contribution >= 0.6 is 0 Å². The van der Waals surface area contributed by atoms with E-state index in [4.69, 9.17) is 9.47 Å². The van der Waals surface area contributed by atoms with Gasteiger partial charge in [0, 0.05) is 48.0 Å². The number of ether oxygens (including phenoxy) is 2. The van der Waals surface area contributed by atoms with Gasteiger partial charge in [-0.05, 0) is 93.8 Å². The Bertz CT molecular complexity index is 1650. The van der Waals surface area contributed by atoms with Crippen LogP contribution in [-0.4, -0.2) is 52.9 Å². The standard InChI is InChI=1S/C33H40N4O4/c1-40-24-14-15-28-26(20-24)27(21-34-28)23-10-9-17-35(22-23)16-7-8-19-37-32(38)31(25-11-3-4-13-30(25)41-2)29-12-5-6-18-36(29)33(37)39/h3-4,11,13-15,20-21,23,34H,5-10,12,16-19,22H2,1-2H3. The summed E-state index contributed by atoms with van der Waals surface area (Å²) in [5.74, 6) is 2.02. The van der Waals surface area contributed by atoms with E-state index >= 15 is 0 Å². The van der Waals surface area contributed by atoms with Crippen molar-refractivity contribution < 1.29 is 9.47 Å². The van der Waals surface area contributed by atoms with Gasteiger partial charge in [0.05, 0.1) is 19.8 Å². The lowest BCUT2D eigenvalue weighted by atomic mass is 9.90. The number of fused-ring (bicyclic) bond motifs is 2. The number of benzene rings is 2. The molecule has 1 atom stereocenters. The van der Waals surface area contributed by atoms with Crippen molar-refractivity contribution in [2.45, 2.75) is 64.0 Å². The fourth-order valence-corrected chi connectivity index (χ4v) is 6.82. The molecule has 0 bridgehead atoms. The number of nitrogens with one attached hydrogen (secondary N) is 1. The zero-order valence-corrected chi connectivity index (χ0v) is 24.2. The van der Waals surface area contributed by atoms with Gasteiger partial charge in [0.25, 0.3) is 5.56 Å². The van der Waals surface area contributed by atoms with Gasteiger partial charge in [0.1, 0.15) is 11.5 Å². The highest BCUT2D eigenvalue weighted by Crippen LogP contribution is 2.34. The van der Waals surface area contributed by atoms with Crippen LogP contribution in [0.3, 0.4) is 0 Å². The van der Waals surface area contributed by atoms with Gasteiger partial charge < -0.3 is 19.4 Å². The number of hydrogen-bond donors (Lipinski definition) is 1. The molecule has 6 rings (SSSR count). The Labute approximate surface area is 240 Å². The summed E-state index contributed by atoms with van der Waals surface area (Å²) in [5, 5.41) is 1.24. The highest BCUT2D eigenvalue weighted by Gasteiger charge is 2.25. The Hall–Kier alpha value is -3.78. The highest BCUT2D eigenvalue weighted by atomic mass is 16.5. The zero-order chi connectivity index (χ0) is 28.3. The lowest BCUT2D eigenvalue weighted by molar-refractivity contribution is 0.204. The van der Waals surface area contributed by atoms with Crippen molar-refractivity contribution in [2.24, 2.45) is 0 Å². The topological polar surface area (TPSA) is 81.5 Å². The van der Waals surface area contributed by atoms with Crippen LogP contribution in [0.25, 0.3) is 22.0 Å². The fraction of sp³-hybridized carbons (Fsp3) is 0.455. The Balaban J connectivity index is 1.16. The molecule has 2 aromatic carbocycles. The van der Waals surface area contributed by atoms with Gasteiger partial charge in [0.15, 0.2) is 0 Å². The molecule has 41 heavy (non-hydrogen) atoms. The van der Waals surface area contributed by atoms with Crippen molar-refractivity contribution in [3.8, 4) is 22.6 Å². The van der Waals surface area contributed by atoms with E-state index < -0.39 is 0 Å². The number of likely N-dealkylation sites (tertiary alicyclic amines) is 1. The largest absolute Gasteiger partial charge is 0.497 e. The summed E-state index contributed by atoms with van der Waals surface area (Å²) in [6.07, 6.45) is 8.88. The normalized spacial score (nSPS) is 17.5. The van der Waals surface area contributed by atoms with Gasteiger partial charge in [-0.15, -0.1) is 0 Å². The predicted octanol–water partition coefficient (Wildman–Crippen LogP) is 5.17. The number of nitrogens with zero attached hydrogens (tertiary/aromatic N) is 3. The number of hydrogen-bond acceptors (Lipinski definition) is 5. The first-order valence-corrected chi connectivity index (χ1v) is 15.0. The average Bonchev–Trinajstić information content (AvgIpc) is 3.44. The molecule has 4 aromatic rings. The minimum absolute atomic E-state index is 0.170. The van der Waals surface area contributed by atoms with Crippen molar-refractivity contribution in [1.29, 1.82) is 0 Å². The SMILES string of the molecule is COc1ccc2[nH]cc(C3CCCN(CCCCn4c(=O)c(-c5ccccc5OC)c5n(c4=O)CCCC5)C3)c2c1. The number of methoxy groups -OCH3 is 2. The molecular weight excluding hydrogens is 516 g/mol. The van der Waals surface area contributed by atoms with Gasteiger partial charge in [-0.2, -0.15) is 0 Å². The molecule has 1 fully saturated rings. The molecule has 0 radical (unpaired) electrons. The van der Waals surface area contributed by atoms with Crippen LogP contribution in [0, 0.1) is 0 Å². The van der Waals surface area contributed by atoms with E-state index in [1.165, 1.54) is 21.9 Å². The van der Waals surface area contributed by atoms with E-state index in [0.717, 1.165) is 80.7 Å². The molecule has 1 unspecified atom stereocenters. The van der Waals surface area contributed by atoms with Crippen LogP contribution < -0.4 is 20.7 Å². The molecule has 2 aliphatic heterocycles. The maximum atomic E-state index is 13.8. The lowest BCUT2D eigenvalue weighted by Gasteiger charge is -2.32. The van der Waals surface area contributed by atoms with Crippen LogP contribution in [0.15, 0.2) is 58.3 Å². The number of rotatable bonds is 9. The fourth-order valence-electron chi connectivity index (χ4n) is 6.82. The minimum atomic E-state index is -0.194. The maximum absolute atomic E-state index is 13.8. The van der Waals surface area contributed by atoms with E-state index in [9.17, 15) is 9.59 Å². The summed E-state index contributed by atoms with van der Waals surface area (Å²) in [6.45, 7) is 4.15. The third-order valence-electron chi connectivity index (χ3n) is 8.93. The molecule has 216 valence electrons. The molecule has 8 nitrogen and oxygen atoms in total. The minimum Gasteiger partial charge on any atom is -0.497 e. The Morgan fingerprint density at radius 1 is 0.951 bits per heavy atom. The van der Waals surface area contributed by atoms with Crippen molar-refractivity contribution in [3.05, 3.63) is 80.8 Å². The van der Waals surface area contributed by atoms with Crippen molar-refractivity contribution in [2.75, 3.05) is 33.9 Å². The van der Waals surface area contributed by atoms with Crippen LogP contribution in [0.2, 0.25) is 0 Å². The van der Waals surface area contributed by atoms with Gasteiger partial charge in [-0.3, -0.25) is 13.9 Å². The molecule has 0 saturated carbocycles. The molecule has 1 N–H and O–H groups in total. The monoisotopic (exact) mass is 556 g/mol. The Morgan fingerprint density at radius 3 is 2.66 bits per heavy atom. The molecule has 8 heteroatoms. The summed E-state index contributed by atoms with van der Waals surface area (Å²) >= 11 is 0. The summed E-state index contributed by atoms with van der Waals surface area (Å²) in [6, 6.07) is 13.8. The number of unbranched alkanes of at least 4 members (excludes halogenated alkanes) is 1. The van der Waals surface area contributed by atoms with Gasteiger partial charge in [-0.1, -0.05) is 18.2 Å². The van der Waals surface area contributed by atoms with E-state index in [1.54, 1.807) is 14.2 Å². The molecule has 1 saturated heterocycles. The molecular formula is C33H40N4O4. The quantitative estimate of drug-likeness (QED) is 0.288. The van der Waals surface area contributed by atoms with Crippen LogP contribution in [0.1, 0.15) is 55.7 Å². The first kappa shape index (κ1) is 27.4. The van der Waals surface area contributed by atoms with Crippen molar-refractivity contribution in [1.82, 2.24) is 19.0 Å². The Morgan fingerprint density at radius 2 is 1.80 bits per heavy atom. The smallest absolute Gasteiger partial charge is 0.331 e. The summed E-state index contributed by atoms with van der Waals surface area (Å²) in [4.78, 5) is 33.3. The molecule has 0 spiro atoms. The van der Waals surface area contributed by atoms with E-state index in [0.29, 0.717) is 30.3 Å². The zero-order valence-electron chi connectivity index (χ0n) is 24.2. The number of H-pyrrole nitrogens is 1. The second-order valence-corrected chi connectivity index (χ2v) is 11.4.